The third-order valence-electron chi connectivity index (χ3n) is 15.3. The molecule has 0 heteroatoms. The quantitative estimate of drug-likeness (QED) is 0.156. The Kier molecular flexibility index (Phi) is 7.20. The standard InChI is InChI=1S/C64H42/c1-63(2)54-35-33-42(37-53(54)62-44-16-4-3-15-40(44)32-36-58(62)63)39-27-29-41(30-28-39)60-49-20-5-7-22-51(49)61(52-23-8-6-21-50(52)60)43-31-34-48-47-19-11-14-26-57(47)64(59(48)38-43)55-24-12-9-17-45(55)46-18-10-13-25-56(46)64/h3-38H,1-2H3. The van der Waals surface area contributed by atoms with Crippen LogP contribution in [0.25, 0.3) is 99.1 Å². The highest BCUT2D eigenvalue weighted by atomic mass is 14.5. The topological polar surface area (TPSA) is 0 Å². The van der Waals surface area contributed by atoms with E-state index >= 15 is 0 Å². The van der Waals surface area contributed by atoms with Crippen LogP contribution in [0.5, 0.6) is 0 Å². The largest absolute Gasteiger partial charge is 0.0725 e. The maximum atomic E-state index is 2.54. The van der Waals surface area contributed by atoms with Crippen molar-refractivity contribution in [3.05, 3.63) is 252 Å². The molecule has 3 aliphatic rings. The second-order valence-electron chi connectivity index (χ2n) is 18.7. The molecule has 3 aliphatic carbocycles. The zero-order chi connectivity index (χ0) is 42.3. The Hall–Kier alpha value is -7.80. The van der Waals surface area contributed by atoms with Gasteiger partial charge in [0.2, 0.25) is 0 Å². The lowest BCUT2D eigenvalue weighted by Crippen LogP contribution is -2.25. The van der Waals surface area contributed by atoms with Crippen molar-refractivity contribution < 1.29 is 0 Å². The molecule has 0 unspecified atom stereocenters. The first-order chi connectivity index (χ1) is 31.5. The molecule has 0 radical (unpaired) electrons. The van der Waals surface area contributed by atoms with Gasteiger partial charge in [0.25, 0.3) is 0 Å². The molecule has 14 rings (SSSR count). The van der Waals surface area contributed by atoms with Gasteiger partial charge in [-0.3, -0.25) is 0 Å². The molecular formula is C64H42. The third kappa shape index (κ3) is 4.57. The second kappa shape index (κ2) is 12.9. The van der Waals surface area contributed by atoms with Gasteiger partial charge in [-0.05, 0) is 145 Å². The Balaban J connectivity index is 0.935. The van der Waals surface area contributed by atoms with Crippen molar-refractivity contribution in [2.24, 2.45) is 0 Å². The molecule has 1 spiro atoms. The predicted octanol–water partition coefficient (Wildman–Crippen LogP) is 16.8. The van der Waals surface area contributed by atoms with E-state index in [2.05, 4.69) is 232 Å². The van der Waals surface area contributed by atoms with E-state index in [0.717, 1.165) is 0 Å². The van der Waals surface area contributed by atoms with Crippen molar-refractivity contribution in [1.29, 1.82) is 0 Å². The smallest absolute Gasteiger partial charge is 0.0619 e. The summed E-state index contributed by atoms with van der Waals surface area (Å²) in [5.74, 6) is 0. The van der Waals surface area contributed by atoms with Crippen LogP contribution in [0.2, 0.25) is 0 Å². The molecule has 0 fully saturated rings. The van der Waals surface area contributed by atoms with Gasteiger partial charge in [-0.1, -0.05) is 220 Å². The monoisotopic (exact) mass is 810 g/mol. The highest BCUT2D eigenvalue weighted by Crippen LogP contribution is 2.63. The van der Waals surface area contributed by atoms with Crippen LogP contribution in [0.3, 0.4) is 0 Å². The summed E-state index contributed by atoms with van der Waals surface area (Å²) in [7, 11) is 0. The van der Waals surface area contributed by atoms with Crippen LogP contribution >= 0.6 is 0 Å². The molecular weight excluding hydrogens is 769 g/mol. The van der Waals surface area contributed by atoms with Gasteiger partial charge >= 0.3 is 0 Å². The minimum atomic E-state index is -0.394. The van der Waals surface area contributed by atoms with Crippen LogP contribution < -0.4 is 0 Å². The molecule has 0 N–H and O–H groups in total. The van der Waals surface area contributed by atoms with E-state index in [1.54, 1.807) is 0 Å². The fourth-order valence-electron chi connectivity index (χ4n) is 12.5. The zero-order valence-corrected chi connectivity index (χ0v) is 35.8. The van der Waals surface area contributed by atoms with E-state index in [1.165, 1.54) is 132 Å². The van der Waals surface area contributed by atoms with E-state index in [4.69, 9.17) is 0 Å². The van der Waals surface area contributed by atoms with E-state index in [9.17, 15) is 0 Å². The summed E-state index contributed by atoms with van der Waals surface area (Å²) < 4.78 is 0. The zero-order valence-electron chi connectivity index (χ0n) is 35.8. The minimum Gasteiger partial charge on any atom is -0.0619 e. The normalized spacial score (nSPS) is 14.3. The number of rotatable bonds is 3. The van der Waals surface area contributed by atoms with Crippen LogP contribution in [0.1, 0.15) is 47.2 Å². The molecule has 0 aromatic heterocycles. The van der Waals surface area contributed by atoms with Gasteiger partial charge in [0.05, 0.1) is 5.41 Å². The molecule has 0 aliphatic heterocycles. The number of benzene rings is 11. The second-order valence-corrected chi connectivity index (χ2v) is 18.7. The van der Waals surface area contributed by atoms with Crippen molar-refractivity contribution in [3.8, 4) is 66.8 Å². The fraction of sp³-hybridized carbons (Fsp3) is 0.0625. The Morgan fingerprint density at radius 1 is 0.250 bits per heavy atom. The summed E-state index contributed by atoms with van der Waals surface area (Å²) in [4.78, 5) is 0. The summed E-state index contributed by atoms with van der Waals surface area (Å²) in [6.45, 7) is 4.74. The molecule has 0 atom stereocenters. The van der Waals surface area contributed by atoms with E-state index < -0.39 is 5.41 Å². The van der Waals surface area contributed by atoms with Crippen LogP contribution in [0.4, 0.5) is 0 Å². The molecule has 0 nitrogen and oxygen atoms in total. The van der Waals surface area contributed by atoms with Gasteiger partial charge in [-0.2, -0.15) is 0 Å². The van der Waals surface area contributed by atoms with Gasteiger partial charge in [0, 0.05) is 5.41 Å². The van der Waals surface area contributed by atoms with Crippen molar-refractivity contribution >= 4 is 32.3 Å². The third-order valence-corrected chi connectivity index (χ3v) is 15.3. The van der Waals surface area contributed by atoms with Gasteiger partial charge in [0.15, 0.2) is 0 Å². The lowest BCUT2D eigenvalue weighted by molar-refractivity contribution is 0.661. The maximum absolute atomic E-state index is 2.54. The summed E-state index contributed by atoms with van der Waals surface area (Å²) in [6, 6.07) is 82.7. The van der Waals surface area contributed by atoms with E-state index in [1.807, 2.05) is 0 Å². The van der Waals surface area contributed by atoms with Gasteiger partial charge in [-0.15, -0.1) is 0 Å². The Bertz CT molecular complexity index is 3680. The summed E-state index contributed by atoms with van der Waals surface area (Å²) >= 11 is 0. The average Bonchev–Trinajstić information content (AvgIpc) is 3.91. The Morgan fingerprint density at radius 2 is 0.688 bits per heavy atom. The van der Waals surface area contributed by atoms with Crippen molar-refractivity contribution in [2.45, 2.75) is 24.7 Å². The molecule has 0 saturated heterocycles. The summed E-state index contributed by atoms with van der Waals surface area (Å²) in [5, 5.41) is 7.69. The minimum absolute atomic E-state index is 0.0507. The van der Waals surface area contributed by atoms with Crippen LogP contribution in [0.15, 0.2) is 218 Å². The Morgan fingerprint density at radius 3 is 1.28 bits per heavy atom. The molecule has 298 valence electrons. The molecule has 0 saturated carbocycles. The first-order valence-corrected chi connectivity index (χ1v) is 22.7. The highest BCUT2D eigenvalue weighted by molar-refractivity contribution is 6.21. The average molecular weight is 811 g/mol. The lowest BCUT2D eigenvalue weighted by Gasteiger charge is -2.30. The van der Waals surface area contributed by atoms with Crippen LogP contribution in [0, 0.1) is 0 Å². The van der Waals surface area contributed by atoms with Gasteiger partial charge in [0.1, 0.15) is 0 Å². The van der Waals surface area contributed by atoms with E-state index in [-0.39, 0.29) is 5.41 Å². The first-order valence-electron chi connectivity index (χ1n) is 22.7. The SMILES string of the molecule is CC1(C)c2ccc(-c3ccc(-c4c5ccccc5c(-c5ccc6c(c5)C5(c7ccccc7-c7ccccc75)c5ccccc5-6)c5ccccc45)cc3)cc2-c2c1ccc1ccccc21. The summed E-state index contributed by atoms with van der Waals surface area (Å²) in [5.41, 5.74) is 23.4. The lowest BCUT2D eigenvalue weighted by atomic mass is 9.70. The molecule has 11 aromatic rings. The van der Waals surface area contributed by atoms with Gasteiger partial charge in [-0.25, -0.2) is 0 Å². The van der Waals surface area contributed by atoms with E-state index in [0.29, 0.717) is 0 Å². The molecule has 64 heavy (non-hydrogen) atoms. The van der Waals surface area contributed by atoms with Crippen molar-refractivity contribution in [2.75, 3.05) is 0 Å². The van der Waals surface area contributed by atoms with Crippen molar-refractivity contribution in [3.63, 3.8) is 0 Å². The molecule has 11 aromatic carbocycles. The van der Waals surface area contributed by atoms with Crippen LogP contribution in [-0.4, -0.2) is 0 Å². The maximum Gasteiger partial charge on any atom is 0.0725 e. The molecule has 0 amide bonds. The Labute approximate surface area is 373 Å². The van der Waals surface area contributed by atoms with Crippen molar-refractivity contribution in [1.82, 2.24) is 0 Å². The van der Waals surface area contributed by atoms with Crippen LogP contribution in [-0.2, 0) is 10.8 Å². The first kappa shape index (κ1) is 35.8. The predicted molar refractivity (Wildman–Crippen MR) is 269 cm³/mol. The highest BCUT2D eigenvalue weighted by Gasteiger charge is 2.51. The summed E-state index contributed by atoms with van der Waals surface area (Å²) in [6.07, 6.45) is 0. The molecule has 0 heterocycles. The molecule has 0 bridgehead atoms. The fourth-order valence-corrected chi connectivity index (χ4v) is 12.5. The number of hydrogen-bond donors (Lipinski definition) is 0. The number of hydrogen-bond acceptors (Lipinski definition) is 0. The number of fused-ring (bicyclic) bond motifs is 17. The van der Waals surface area contributed by atoms with Gasteiger partial charge < -0.3 is 0 Å².